The molecular formula is C11H12FN. The average Bonchev–Trinajstić information content (AvgIpc) is 2.14. The molecule has 0 bridgehead atoms. The summed E-state index contributed by atoms with van der Waals surface area (Å²) in [6.45, 7) is 1.97. The highest BCUT2D eigenvalue weighted by Gasteiger charge is 2.05. The molecular weight excluding hydrogens is 165 g/mol. The lowest BCUT2D eigenvalue weighted by Gasteiger charge is -2.05. The Morgan fingerprint density at radius 1 is 1.54 bits per heavy atom. The van der Waals surface area contributed by atoms with Crippen LogP contribution in [0.3, 0.4) is 0 Å². The van der Waals surface area contributed by atoms with Crippen molar-refractivity contribution in [1.29, 1.82) is 5.26 Å². The maximum absolute atomic E-state index is 12.7. The fourth-order valence-electron chi connectivity index (χ4n) is 1.23. The predicted molar refractivity (Wildman–Crippen MR) is 49.5 cm³/mol. The molecule has 0 aliphatic rings. The molecule has 0 radical (unpaired) electrons. The number of hydrogen-bond acceptors (Lipinski definition) is 1. The summed E-state index contributed by atoms with van der Waals surface area (Å²) in [4.78, 5) is 0. The number of nitrogens with zero attached hydrogens (tertiary/aromatic N) is 1. The Morgan fingerprint density at radius 3 is 2.85 bits per heavy atom. The minimum atomic E-state index is -0.231. The number of rotatable bonds is 3. The molecule has 1 unspecified atom stereocenters. The second kappa shape index (κ2) is 4.61. The van der Waals surface area contributed by atoms with Gasteiger partial charge in [0.25, 0.3) is 0 Å². The molecule has 1 rings (SSSR count). The SMILES string of the molecule is CCC(C#N)Cc1cccc(F)c1. The van der Waals surface area contributed by atoms with E-state index >= 15 is 0 Å². The van der Waals surface area contributed by atoms with Crippen molar-refractivity contribution in [3.05, 3.63) is 35.6 Å². The molecule has 0 spiro atoms. The van der Waals surface area contributed by atoms with Gasteiger partial charge in [-0.05, 0) is 30.5 Å². The number of halogens is 1. The molecule has 1 nitrogen and oxygen atoms in total. The van der Waals surface area contributed by atoms with E-state index in [1.165, 1.54) is 12.1 Å². The predicted octanol–water partition coefficient (Wildman–Crippen LogP) is 2.92. The molecule has 0 fully saturated rings. The third-order valence-electron chi connectivity index (χ3n) is 2.05. The van der Waals surface area contributed by atoms with Gasteiger partial charge in [-0.1, -0.05) is 19.1 Å². The van der Waals surface area contributed by atoms with E-state index in [0.717, 1.165) is 12.0 Å². The van der Waals surface area contributed by atoms with Crippen LogP contribution >= 0.6 is 0 Å². The van der Waals surface area contributed by atoms with Crippen LogP contribution in [-0.4, -0.2) is 0 Å². The maximum Gasteiger partial charge on any atom is 0.123 e. The van der Waals surface area contributed by atoms with E-state index in [9.17, 15) is 4.39 Å². The Hall–Kier alpha value is -1.36. The maximum atomic E-state index is 12.7. The van der Waals surface area contributed by atoms with E-state index < -0.39 is 0 Å². The van der Waals surface area contributed by atoms with Crippen LogP contribution < -0.4 is 0 Å². The second-order valence-electron chi connectivity index (χ2n) is 3.07. The summed E-state index contributed by atoms with van der Waals surface area (Å²) in [6.07, 6.45) is 1.46. The van der Waals surface area contributed by atoms with Gasteiger partial charge in [0.05, 0.1) is 12.0 Å². The number of nitriles is 1. The number of benzene rings is 1. The first-order valence-corrected chi connectivity index (χ1v) is 4.40. The third kappa shape index (κ3) is 2.87. The molecule has 68 valence electrons. The standard InChI is InChI=1S/C11H12FN/c1-2-9(8-13)6-10-4-3-5-11(12)7-10/h3-5,7,9H,2,6H2,1H3. The lowest BCUT2D eigenvalue weighted by molar-refractivity contribution is 0.611. The van der Waals surface area contributed by atoms with E-state index in [-0.39, 0.29) is 11.7 Å². The minimum Gasteiger partial charge on any atom is -0.207 e. The van der Waals surface area contributed by atoms with Crippen LogP contribution in [0.1, 0.15) is 18.9 Å². The van der Waals surface area contributed by atoms with Crippen molar-refractivity contribution in [2.24, 2.45) is 5.92 Å². The lowest BCUT2D eigenvalue weighted by atomic mass is 9.98. The quantitative estimate of drug-likeness (QED) is 0.696. The molecule has 1 atom stereocenters. The monoisotopic (exact) mass is 177 g/mol. The molecule has 0 N–H and O–H groups in total. The highest BCUT2D eigenvalue weighted by Crippen LogP contribution is 2.12. The normalized spacial score (nSPS) is 12.1. The Bertz CT molecular complexity index is 314. The van der Waals surface area contributed by atoms with E-state index in [2.05, 4.69) is 6.07 Å². The summed E-state index contributed by atoms with van der Waals surface area (Å²) in [6, 6.07) is 8.62. The molecule has 13 heavy (non-hydrogen) atoms. The van der Waals surface area contributed by atoms with Crippen molar-refractivity contribution in [2.75, 3.05) is 0 Å². The summed E-state index contributed by atoms with van der Waals surface area (Å²) < 4.78 is 12.7. The molecule has 0 saturated heterocycles. The zero-order chi connectivity index (χ0) is 9.68. The minimum absolute atomic E-state index is 0.00167. The molecule has 2 heteroatoms. The second-order valence-corrected chi connectivity index (χ2v) is 3.07. The first-order valence-electron chi connectivity index (χ1n) is 4.40. The van der Waals surface area contributed by atoms with Gasteiger partial charge >= 0.3 is 0 Å². The molecule has 0 aliphatic heterocycles. The van der Waals surface area contributed by atoms with Gasteiger partial charge in [-0.3, -0.25) is 0 Å². The van der Waals surface area contributed by atoms with Crippen LogP contribution in [-0.2, 0) is 6.42 Å². The molecule has 0 heterocycles. The molecule has 1 aromatic rings. The molecule has 0 saturated carbocycles. The van der Waals surface area contributed by atoms with Crippen LogP contribution in [0.2, 0.25) is 0 Å². The average molecular weight is 177 g/mol. The molecule has 0 aromatic heterocycles. The topological polar surface area (TPSA) is 23.8 Å². The van der Waals surface area contributed by atoms with E-state index in [1.54, 1.807) is 6.07 Å². The smallest absolute Gasteiger partial charge is 0.123 e. The fourth-order valence-corrected chi connectivity index (χ4v) is 1.23. The van der Waals surface area contributed by atoms with E-state index in [4.69, 9.17) is 5.26 Å². The fraction of sp³-hybridized carbons (Fsp3) is 0.364. The van der Waals surface area contributed by atoms with Crippen LogP contribution in [0.5, 0.6) is 0 Å². The van der Waals surface area contributed by atoms with Crippen molar-refractivity contribution >= 4 is 0 Å². The van der Waals surface area contributed by atoms with E-state index in [0.29, 0.717) is 6.42 Å². The summed E-state index contributed by atoms with van der Waals surface area (Å²) >= 11 is 0. The molecule has 0 amide bonds. The van der Waals surface area contributed by atoms with Crippen molar-refractivity contribution in [3.63, 3.8) is 0 Å². The largest absolute Gasteiger partial charge is 0.207 e. The van der Waals surface area contributed by atoms with Crippen LogP contribution in [0, 0.1) is 23.1 Å². The third-order valence-corrected chi connectivity index (χ3v) is 2.05. The van der Waals surface area contributed by atoms with Gasteiger partial charge in [-0.2, -0.15) is 5.26 Å². The van der Waals surface area contributed by atoms with Gasteiger partial charge in [0, 0.05) is 0 Å². The van der Waals surface area contributed by atoms with Gasteiger partial charge in [0.2, 0.25) is 0 Å². The Kier molecular flexibility index (Phi) is 3.45. The van der Waals surface area contributed by atoms with Gasteiger partial charge in [0.1, 0.15) is 5.82 Å². The van der Waals surface area contributed by atoms with Crippen molar-refractivity contribution in [3.8, 4) is 6.07 Å². The summed E-state index contributed by atoms with van der Waals surface area (Å²) in [5, 5.41) is 8.71. The van der Waals surface area contributed by atoms with Gasteiger partial charge in [-0.25, -0.2) is 4.39 Å². The Labute approximate surface area is 77.8 Å². The van der Waals surface area contributed by atoms with Gasteiger partial charge in [-0.15, -0.1) is 0 Å². The van der Waals surface area contributed by atoms with Crippen LogP contribution in [0.4, 0.5) is 4.39 Å². The molecule has 1 aromatic carbocycles. The summed E-state index contributed by atoms with van der Waals surface area (Å²) in [5.41, 5.74) is 0.897. The first-order chi connectivity index (χ1) is 6.26. The van der Waals surface area contributed by atoms with Crippen molar-refractivity contribution in [1.82, 2.24) is 0 Å². The van der Waals surface area contributed by atoms with Gasteiger partial charge in [0.15, 0.2) is 0 Å². The van der Waals surface area contributed by atoms with Crippen LogP contribution in [0.15, 0.2) is 24.3 Å². The summed E-state index contributed by atoms with van der Waals surface area (Å²) in [5.74, 6) is -0.230. The Morgan fingerprint density at radius 2 is 2.31 bits per heavy atom. The number of hydrogen-bond donors (Lipinski definition) is 0. The van der Waals surface area contributed by atoms with Crippen LogP contribution in [0.25, 0.3) is 0 Å². The van der Waals surface area contributed by atoms with Crippen molar-refractivity contribution in [2.45, 2.75) is 19.8 Å². The van der Waals surface area contributed by atoms with E-state index in [1.807, 2.05) is 13.0 Å². The summed E-state index contributed by atoms with van der Waals surface area (Å²) in [7, 11) is 0. The van der Waals surface area contributed by atoms with Gasteiger partial charge < -0.3 is 0 Å². The molecule has 0 aliphatic carbocycles. The Balaban J connectivity index is 2.69. The highest BCUT2D eigenvalue weighted by molar-refractivity contribution is 5.17. The first kappa shape index (κ1) is 9.73. The van der Waals surface area contributed by atoms with Crippen molar-refractivity contribution < 1.29 is 4.39 Å². The lowest BCUT2D eigenvalue weighted by Crippen LogP contribution is -1.99. The zero-order valence-electron chi connectivity index (χ0n) is 7.63. The highest BCUT2D eigenvalue weighted by atomic mass is 19.1. The zero-order valence-corrected chi connectivity index (χ0v) is 7.63.